The van der Waals surface area contributed by atoms with Crippen molar-refractivity contribution >= 4 is 5.97 Å². The summed E-state index contributed by atoms with van der Waals surface area (Å²) in [6.07, 6.45) is -4.44. The molecular weight excluding hydrogens is 261 g/mol. The Morgan fingerprint density at radius 2 is 1.89 bits per heavy atom. The summed E-state index contributed by atoms with van der Waals surface area (Å²) in [5.74, 6) is -0.481. The Bertz CT molecular complexity index is 302. The fourth-order valence-electron chi connectivity index (χ4n) is 2.48. The summed E-state index contributed by atoms with van der Waals surface area (Å²) < 4.78 is 46.7. The number of carbonyl (C=O) groups is 1. The number of esters is 1. The minimum atomic E-state index is -4.72. The van der Waals surface area contributed by atoms with Crippen molar-refractivity contribution in [1.82, 2.24) is 0 Å². The van der Waals surface area contributed by atoms with Gasteiger partial charge in [0.2, 0.25) is 0 Å². The van der Waals surface area contributed by atoms with Crippen LogP contribution in [-0.4, -0.2) is 31.5 Å². The van der Waals surface area contributed by atoms with E-state index in [4.69, 9.17) is 4.74 Å². The monoisotopic (exact) mass is 282 g/mol. The molecule has 1 rings (SSSR count). The molecule has 1 aliphatic rings. The van der Waals surface area contributed by atoms with E-state index >= 15 is 0 Å². The van der Waals surface area contributed by atoms with Gasteiger partial charge in [0.1, 0.15) is 6.10 Å². The molecule has 0 N–H and O–H groups in total. The Morgan fingerprint density at radius 1 is 1.26 bits per heavy atom. The average Bonchev–Trinajstić information content (AvgIpc) is 2.28. The highest BCUT2D eigenvalue weighted by Crippen LogP contribution is 2.32. The van der Waals surface area contributed by atoms with Crippen molar-refractivity contribution in [2.75, 3.05) is 7.11 Å². The number of hydrogen-bond donors (Lipinski definition) is 0. The Morgan fingerprint density at radius 3 is 2.37 bits per heavy atom. The first kappa shape index (κ1) is 16.3. The lowest BCUT2D eigenvalue weighted by Crippen LogP contribution is -2.42. The van der Waals surface area contributed by atoms with Gasteiger partial charge >= 0.3 is 12.1 Å². The molecule has 19 heavy (non-hydrogen) atoms. The molecule has 0 aromatic carbocycles. The van der Waals surface area contributed by atoms with E-state index in [1.165, 1.54) is 0 Å². The summed E-state index contributed by atoms with van der Waals surface area (Å²) in [6.45, 7) is 4.14. The lowest BCUT2D eigenvalue weighted by molar-refractivity contribution is -0.227. The van der Waals surface area contributed by atoms with Crippen molar-refractivity contribution in [2.24, 2.45) is 11.8 Å². The Kier molecular flexibility index (Phi) is 5.64. The second-order valence-electron chi connectivity index (χ2n) is 5.39. The second-order valence-corrected chi connectivity index (χ2v) is 5.39. The van der Waals surface area contributed by atoms with Gasteiger partial charge in [-0.25, -0.2) is 4.79 Å². The van der Waals surface area contributed by atoms with Gasteiger partial charge in [-0.15, -0.1) is 0 Å². The molecule has 0 aromatic rings. The molecule has 0 spiro atoms. The molecule has 0 amide bonds. The largest absolute Gasteiger partial charge is 0.460 e. The van der Waals surface area contributed by atoms with Crippen LogP contribution < -0.4 is 0 Å². The molecule has 0 radical (unpaired) electrons. The number of halogens is 3. The summed E-state index contributed by atoms with van der Waals surface area (Å²) in [5, 5.41) is 0. The van der Waals surface area contributed by atoms with Gasteiger partial charge in [-0.2, -0.15) is 13.2 Å². The number of carbonyl (C=O) groups excluding carboxylic acids is 1. The maximum atomic E-state index is 12.5. The lowest BCUT2D eigenvalue weighted by Gasteiger charge is -2.32. The van der Waals surface area contributed by atoms with Crippen LogP contribution in [0, 0.1) is 11.8 Å². The van der Waals surface area contributed by atoms with Crippen LogP contribution in [0.2, 0.25) is 0 Å². The van der Waals surface area contributed by atoms with Crippen LogP contribution in [0.25, 0.3) is 0 Å². The third-order valence-electron chi connectivity index (χ3n) is 3.64. The predicted molar refractivity (Wildman–Crippen MR) is 63.5 cm³/mol. The van der Waals surface area contributed by atoms with Crippen LogP contribution >= 0.6 is 0 Å². The fraction of sp³-hybridized carbons (Fsp3) is 0.923. The Labute approximate surface area is 111 Å². The average molecular weight is 282 g/mol. The van der Waals surface area contributed by atoms with E-state index in [0.29, 0.717) is 24.7 Å². The fourth-order valence-corrected chi connectivity index (χ4v) is 2.48. The maximum Gasteiger partial charge on any atom is 0.425 e. The third-order valence-corrected chi connectivity index (χ3v) is 3.64. The maximum absolute atomic E-state index is 12.5. The van der Waals surface area contributed by atoms with E-state index in [-0.39, 0.29) is 0 Å². The number of hydrogen-bond acceptors (Lipinski definition) is 3. The standard InChI is InChI=1S/C13H21F3O3/c1-8(2)9-5-4-6-10(7-9)19-12(17)11(18-3)13(14,15)16/h8-11H,4-7H2,1-3H3/t9?,10?,11-/m1/s1. The molecule has 1 fully saturated rings. The molecular formula is C13H21F3O3. The summed E-state index contributed by atoms with van der Waals surface area (Å²) in [5.41, 5.74) is 0. The summed E-state index contributed by atoms with van der Waals surface area (Å²) in [7, 11) is 0.858. The van der Waals surface area contributed by atoms with Crippen LogP contribution in [0.4, 0.5) is 13.2 Å². The minimum Gasteiger partial charge on any atom is -0.460 e. The van der Waals surface area contributed by atoms with Crippen molar-refractivity contribution in [3.8, 4) is 0 Å². The van der Waals surface area contributed by atoms with Gasteiger partial charge in [0.15, 0.2) is 0 Å². The molecule has 1 saturated carbocycles. The number of rotatable bonds is 4. The van der Waals surface area contributed by atoms with E-state index in [0.717, 1.165) is 20.0 Å². The zero-order chi connectivity index (χ0) is 14.6. The molecule has 3 atom stereocenters. The van der Waals surface area contributed by atoms with Crippen molar-refractivity contribution in [1.29, 1.82) is 0 Å². The van der Waals surface area contributed by atoms with Crippen LogP contribution in [-0.2, 0) is 14.3 Å². The SMILES string of the molecule is CO[C@H](C(=O)OC1CCCC(C(C)C)C1)C(F)(F)F. The zero-order valence-electron chi connectivity index (χ0n) is 11.5. The van der Waals surface area contributed by atoms with Gasteiger partial charge in [0, 0.05) is 7.11 Å². The van der Waals surface area contributed by atoms with Gasteiger partial charge in [-0.1, -0.05) is 13.8 Å². The van der Waals surface area contributed by atoms with Gasteiger partial charge in [-0.05, 0) is 37.5 Å². The Balaban J connectivity index is 2.56. The van der Waals surface area contributed by atoms with Crippen LogP contribution in [0.1, 0.15) is 39.5 Å². The topological polar surface area (TPSA) is 35.5 Å². The minimum absolute atomic E-state index is 0.401. The van der Waals surface area contributed by atoms with E-state index in [1.54, 1.807) is 0 Å². The highest BCUT2D eigenvalue weighted by molar-refractivity contribution is 5.75. The number of ether oxygens (including phenoxy) is 2. The van der Waals surface area contributed by atoms with Gasteiger partial charge in [0.25, 0.3) is 6.10 Å². The van der Waals surface area contributed by atoms with Crippen LogP contribution in [0.5, 0.6) is 0 Å². The summed E-state index contributed by atoms with van der Waals surface area (Å²) >= 11 is 0. The molecule has 112 valence electrons. The highest BCUT2D eigenvalue weighted by atomic mass is 19.4. The third kappa shape index (κ3) is 4.67. The molecule has 0 aromatic heterocycles. The predicted octanol–water partition coefficient (Wildman–Crippen LogP) is 3.32. The molecule has 2 unspecified atom stereocenters. The first-order valence-corrected chi connectivity index (χ1v) is 6.55. The van der Waals surface area contributed by atoms with Crippen molar-refractivity contribution in [3.05, 3.63) is 0 Å². The molecule has 1 aliphatic carbocycles. The van der Waals surface area contributed by atoms with Crippen molar-refractivity contribution in [2.45, 2.75) is 57.9 Å². The van der Waals surface area contributed by atoms with Gasteiger partial charge in [0.05, 0.1) is 0 Å². The lowest BCUT2D eigenvalue weighted by atomic mass is 9.80. The van der Waals surface area contributed by atoms with Crippen molar-refractivity contribution in [3.63, 3.8) is 0 Å². The summed E-state index contributed by atoms with van der Waals surface area (Å²) in [6, 6.07) is 0. The van der Waals surface area contributed by atoms with E-state index in [2.05, 4.69) is 18.6 Å². The van der Waals surface area contributed by atoms with Crippen LogP contribution in [0.3, 0.4) is 0 Å². The molecule has 3 nitrogen and oxygen atoms in total. The summed E-state index contributed by atoms with van der Waals surface area (Å²) in [4.78, 5) is 11.5. The number of alkyl halides is 3. The molecule has 6 heteroatoms. The molecule has 0 aliphatic heterocycles. The Hall–Kier alpha value is -0.780. The smallest absolute Gasteiger partial charge is 0.425 e. The first-order chi connectivity index (χ1) is 8.75. The normalized spacial score (nSPS) is 26.3. The van der Waals surface area contributed by atoms with E-state index < -0.39 is 24.4 Å². The highest BCUT2D eigenvalue weighted by Gasteiger charge is 2.47. The first-order valence-electron chi connectivity index (χ1n) is 6.55. The molecule has 0 heterocycles. The molecule has 0 bridgehead atoms. The van der Waals surface area contributed by atoms with Gasteiger partial charge < -0.3 is 9.47 Å². The quantitative estimate of drug-likeness (QED) is 0.742. The second kappa shape index (κ2) is 6.59. The van der Waals surface area contributed by atoms with Crippen LogP contribution in [0.15, 0.2) is 0 Å². The molecule has 0 saturated heterocycles. The van der Waals surface area contributed by atoms with Gasteiger partial charge in [-0.3, -0.25) is 0 Å². The van der Waals surface area contributed by atoms with E-state index in [1.807, 2.05) is 0 Å². The number of methoxy groups -OCH3 is 1. The van der Waals surface area contributed by atoms with Crippen molar-refractivity contribution < 1.29 is 27.4 Å². The van der Waals surface area contributed by atoms with E-state index in [9.17, 15) is 18.0 Å². The zero-order valence-corrected chi connectivity index (χ0v) is 11.5.